The first kappa shape index (κ1) is 21.7. The Morgan fingerprint density at radius 3 is 2.43 bits per heavy atom. The normalized spacial score (nSPS) is 11.4. The molecule has 0 aliphatic rings. The predicted octanol–water partition coefficient (Wildman–Crippen LogP) is 4.55. The van der Waals surface area contributed by atoms with Gasteiger partial charge in [-0.15, -0.1) is 0 Å². The Kier molecular flexibility index (Phi) is 6.97. The largest absolute Gasteiger partial charge is 0.493 e. The molecule has 0 radical (unpaired) electrons. The second-order valence-corrected chi connectivity index (χ2v) is 8.54. The Balaban J connectivity index is 1.73. The van der Waals surface area contributed by atoms with Crippen molar-refractivity contribution in [2.45, 2.75) is 18.4 Å². The number of aryl methyl sites for hydroxylation is 1. The van der Waals surface area contributed by atoms with Gasteiger partial charge in [0.15, 0.2) is 11.5 Å². The predicted molar refractivity (Wildman–Crippen MR) is 118 cm³/mol. The van der Waals surface area contributed by atoms with E-state index in [1.165, 1.54) is 25.5 Å². The molecule has 3 aromatic carbocycles. The SMILES string of the molecule is COc1cc(/C=N\NS(=O)(=O)c2ccc(C)cc2)cc(Cl)c1OCc1ccccc1. The molecule has 0 aromatic heterocycles. The van der Waals surface area contributed by atoms with Crippen molar-refractivity contribution in [3.05, 3.63) is 88.4 Å². The van der Waals surface area contributed by atoms with E-state index < -0.39 is 10.0 Å². The molecule has 156 valence electrons. The summed E-state index contributed by atoms with van der Waals surface area (Å²) >= 11 is 6.35. The van der Waals surface area contributed by atoms with Crippen molar-refractivity contribution in [3.8, 4) is 11.5 Å². The van der Waals surface area contributed by atoms with Crippen molar-refractivity contribution in [2.75, 3.05) is 7.11 Å². The zero-order valence-electron chi connectivity index (χ0n) is 16.5. The van der Waals surface area contributed by atoms with E-state index in [1.807, 2.05) is 37.3 Å². The number of methoxy groups -OCH3 is 1. The first-order valence-electron chi connectivity index (χ1n) is 9.05. The molecule has 8 heteroatoms. The van der Waals surface area contributed by atoms with Crippen molar-refractivity contribution >= 4 is 27.8 Å². The summed E-state index contributed by atoms with van der Waals surface area (Å²) in [6, 6.07) is 19.4. The molecule has 0 aliphatic carbocycles. The van der Waals surface area contributed by atoms with Crippen molar-refractivity contribution in [2.24, 2.45) is 5.10 Å². The molecule has 0 bridgehead atoms. The van der Waals surface area contributed by atoms with Gasteiger partial charge in [0.1, 0.15) is 6.61 Å². The Morgan fingerprint density at radius 2 is 1.77 bits per heavy atom. The van der Waals surface area contributed by atoms with E-state index in [1.54, 1.807) is 24.3 Å². The summed E-state index contributed by atoms with van der Waals surface area (Å²) in [7, 11) is -2.26. The lowest BCUT2D eigenvalue weighted by Gasteiger charge is -2.13. The molecule has 1 N–H and O–H groups in total. The lowest BCUT2D eigenvalue weighted by molar-refractivity contribution is 0.284. The number of ether oxygens (including phenoxy) is 2. The Hall–Kier alpha value is -3.03. The molecule has 6 nitrogen and oxygen atoms in total. The van der Waals surface area contributed by atoms with Crippen LogP contribution in [0.15, 0.2) is 76.7 Å². The maximum Gasteiger partial charge on any atom is 0.276 e. The summed E-state index contributed by atoms with van der Waals surface area (Å²) in [5, 5.41) is 4.16. The minimum Gasteiger partial charge on any atom is -0.493 e. The van der Waals surface area contributed by atoms with Gasteiger partial charge in [0, 0.05) is 0 Å². The average molecular weight is 445 g/mol. The second kappa shape index (κ2) is 9.65. The molecule has 0 atom stereocenters. The third-order valence-electron chi connectivity index (χ3n) is 4.20. The molecule has 0 unspecified atom stereocenters. The highest BCUT2D eigenvalue weighted by Crippen LogP contribution is 2.36. The molecule has 0 heterocycles. The number of hydrogen-bond donors (Lipinski definition) is 1. The van der Waals surface area contributed by atoms with Crippen molar-refractivity contribution < 1.29 is 17.9 Å². The third kappa shape index (κ3) is 5.52. The van der Waals surface area contributed by atoms with Crippen LogP contribution in [0.4, 0.5) is 0 Å². The van der Waals surface area contributed by atoms with Crippen LogP contribution in [0.2, 0.25) is 5.02 Å². The van der Waals surface area contributed by atoms with E-state index >= 15 is 0 Å². The summed E-state index contributed by atoms with van der Waals surface area (Å²) in [6.45, 7) is 2.22. The van der Waals surface area contributed by atoms with Crippen LogP contribution in [0.25, 0.3) is 0 Å². The highest BCUT2D eigenvalue weighted by molar-refractivity contribution is 7.89. The summed E-state index contributed by atoms with van der Waals surface area (Å²) in [5.74, 6) is 0.821. The van der Waals surface area contributed by atoms with E-state index in [-0.39, 0.29) is 4.90 Å². The Morgan fingerprint density at radius 1 is 1.07 bits per heavy atom. The zero-order valence-corrected chi connectivity index (χ0v) is 18.1. The molecular formula is C22H21ClN2O4S. The highest BCUT2D eigenvalue weighted by atomic mass is 35.5. The highest BCUT2D eigenvalue weighted by Gasteiger charge is 2.14. The quantitative estimate of drug-likeness (QED) is 0.408. The van der Waals surface area contributed by atoms with Gasteiger partial charge in [-0.2, -0.15) is 13.5 Å². The maximum atomic E-state index is 12.3. The Labute approximate surface area is 181 Å². The monoisotopic (exact) mass is 444 g/mol. The van der Waals surface area contributed by atoms with Crippen molar-refractivity contribution in [3.63, 3.8) is 0 Å². The van der Waals surface area contributed by atoms with Crippen molar-refractivity contribution in [1.82, 2.24) is 4.83 Å². The van der Waals surface area contributed by atoms with Crippen LogP contribution >= 0.6 is 11.6 Å². The first-order chi connectivity index (χ1) is 14.4. The van der Waals surface area contributed by atoms with Crippen LogP contribution in [0.5, 0.6) is 11.5 Å². The van der Waals surface area contributed by atoms with Crippen LogP contribution in [0, 0.1) is 6.92 Å². The summed E-state index contributed by atoms with van der Waals surface area (Å²) in [5.41, 5.74) is 2.51. The molecule has 3 aromatic rings. The van der Waals surface area contributed by atoms with Crippen LogP contribution in [-0.2, 0) is 16.6 Å². The number of sulfonamides is 1. The number of benzene rings is 3. The van der Waals surface area contributed by atoms with E-state index in [4.69, 9.17) is 21.1 Å². The van der Waals surface area contributed by atoms with Crippen molar-refractivity contribution in [1.29, 1.82) is 0 Å². The number of hydrazone groups is 1. The lowest BCUT2D eigenvalue weighted by atomic mass is 10.2. The maximum absolute atomic E-state index is 12.3. The number of hydrogen-bond acceptors (Lipinski definition) is 5. The van der Waals surface area contributed by atoms with Gasteiger partial charge in [-0.3, -0.25) is 0 Å². The second-order valence-electron chi connectivity index (χ2n) is 6.47. The fourth-order valence-electron chi connectivity index (χ4n) is 2.62. The summed E-state index contributed by atoms with van der Waals surface area (Å²) in [4.78, 5) is 2.32. The molecule has 0 saturated carbocycles. The van der Waals surface area contributed by atoms with Crippen LogP contribution < -0.4 is 14.3 Å². The molecule has 3 rings (SSSR count). The fraction of sp³-hybridized carbons (Fsp3) is 0.136. The fourth-order valence-corrected chi connectivity index (χ4v) is 3.69. The molecule has 0 aliphatic heterocycles. The smallest absolute Gasteiger partial charge is 0.276 e. The summed E-state index contributed by atoms with van der Waals surface area (Å²) < 4.78 is 35.8. The molecule has 0 spiro atoms. The zero-order chi connectivity index (χ0) is 21.6. The lowest BCUT2D eigenvalue weighted by Crippen LogP contribution is -2.18. The number of rotatable bonds is 8. The molecule has 0 amide bonds. The molecule has 0 fully saturated rings. The van der Waals surface area contributed by atoms with Gasteiger partial charge in [-0.1, -0.05) is 59.6 Å². The number of nitrogens with one attached hydrogen (secondary N) is 1. The molecular weight excluding hydrogens is 424 g/mol. The van der Waals surface area contributed by atoms with Crippen LogP contribution in [-0.4, -0.2) is 21.7 Å². The molecule has 30 heavy (non-hydrogen) atoms. The van der Waals surface area contributed by atoms with Gasteiger partial charge >= 0.3 is 0 Å². The third-order valence-corrected chi connectivity index (χ3v) is 5.71. The standard InChI is InChI=1S/C22H21ClN2O4S/c1-16-8-10-19(11-9-16)30(26,27)25-24-14-18-12-20(23)22(21(13-18)28-2)29-15-17-6-4-3-5-7-17/h3-14,25H,15H2,1-2H3/b24-14-. The van der Waals surface area contributed by atoms with Crippen LogP contribution in [0.3, 0.4) is 0 Å². The minimum absolute atomic E-state index is 0.130. The summed E-state index contributed by atoms with van der Waals surface area (Å²) in [6.07, 6.45) is 1.35. The van der Waals surface area contributed by atoms with Gasteiger partial charge < -0.3 is 9.47 Å². The number of nitrogens with zero attached hydrogens (tertiary/aromatic N) is 1. The van der Waals surface area contributed by atoms with Gasteiger partial charge in [-0.25, -0.2) is 4.83 Å². The van der Waals surface area contributed by atoms with E-state index in [2.05, 4.69) is 9.93 Å². The average Bonchev–Trinajstić information content (AvgIpc) is 2.73. The van der Waals surface area contributed by atoms with Gasteiger partial charge in [-0.05, 0) is 42.3 Å². The van der Waals surface area contributed by atoms with Gasteiger partial charge in [0.25, 0.3) is 10.0 Å². The van der Waals surface area contributed by atoms with Crippen LogP contribution in [0.1, 0.15) is 16.7 Å². The molecule has 0 saturated heterocycles. The Bertz CT molecular complexity index is 1130. The number of halogens is 1. The van der Waals surface area contributed by atoms with E-state index in [0.29, 0.717) is 28.7 Å². The minimum atomic E-state index is -3.76. The first-order valence-corrected chi connectivity index (χ1v) is 10.9. The van der Waals surface area contributed by atoms with Gasteiger partial charge in [0.2, 0.25) is 0 Å². The van der Waals surface area contributed by atoms with E-state index in [0.717, 1.165) is 11.1 Å². The van der Waals surface area contributed by atoms with E-state index in [9.17, 15) is 8.42 Å². The topological polar surface area (TPSA) is 77.0 Å². The van der Waals surface area contributed by atoms with Gasteiger partial charge in [0.05, 0.1) is 23.2 Å².